The first-order valence-corrected chi connectivity index (χ1v) is 5.50. The van der Waals surface area contributed by atoms with E-state index in [0.717, 1.165) is 0 Å². The van der Waals surface area contributed by atoms with Gasteiger partial charge in [-0.1, -0.05) is 0 Å². The number of nitrogens with zero attached hydrogens (tertiary/aromatic N) is 1. The number of carboxylic acids is 1. The standard InChI is InChI=1S/C12H10N2O4/c15-10(12(3-4-12)11(16)17)14-7-1-2-8-9(5-7)18-6-13-8/h1-2,5-6H,3-4H2,(H,14,15)(H,16,17). The van der Waals surface area contributed by atoms with Crippen molar-refractivity contribution in [2.45, 2.75) is 12.8 Å². The molecule has 3 rings (SSSR count). The van der Waals surface area contributed by atoms with E-state index >= 15 is 0 Å². The Morgan fingerprint density at radius 3 is 2.83 bits per heavy atom. The molecule has 1 fully saturated rings. The minimum Gasteiger partial charge on any atom is -0.480 e. The molecular formula is C12H10N2O4. The van der Waals surface area contributed by atoms with Crippen LogP contribution in [0.1, 0.15) is 12.8 Å². The second-order valence-corrected chi connectivity index (χ2v) is 4.38. The highest BCUT2D eigenvalue weighted by atomic mass is 16.4. The summed E-state index contributed by atoms with van der Waals surface area (Å²) in [5.74, 6) is -1.55. The van der Waals surface area contributed by atoms with Gasteiger partial charge in [0.1, 0.15) is 10.9 Å². The van der Waals surface area contributed by atoms with Gasteiger partial charge < -0.3 is 14.8 Å². The van der Waals surface area contributed by atoms with Gasteiger partial charge in [0.05, 0.1) is 0 Å². The number of hydrogen-bond donors (Lipinski definition) is 2. The molecule has 0 spiro atoms. The van der Waals surface area contributed by atoms with E-state index in [1.54, 1.807) is 18.2 Å². The van der Waals surface area contributed by atoms with Gasteiger partial charge in [-0.05, 0) is 25.0 Å². The molecule has 0 unspecified atom stereocenters. The van der Waals surface area contributed by atoms with Crippen LogP contribution in [-0.4, -0.2) is 22.0 Å². The van der Waals surface area contributed by atoms with Crippen LogP contribution in [0.4, 0.5) is 5.69 Å². The van der Waals surface area contributed by atoms with Crippen molar-refractivity contribution in [2.75, 3.05) is 5.32 Å². The molecule has 1 heterocycles. The van der Waals surface area contributed by atoms with Crippen LogP contribution in [0.25, 0.3) is 11.1 Å². The fourth-order valence-corrected chi connectivity index (χ4v) is 1.85. The van der Waals surface area contributed by atoms with Crippen molar-refractivity contribution in [2.24, 2.45) is 5.41 Å². The highest BCUT2D eigenvalue weighted by Gasteiger charge is 2.57. The molecule has 1 saturated carbocycles. The van der Waals surface area contributed by atoms with Gasteiger partial charge in [0.15, 0.2) is 12.0 Å². The maximum atomic E-state index is 11.9. The molecule has 92 valence electrons. The maximum Gasteiger partial charge on any atom is 0.319 e. The molecule has 1 aliphatic carbocycles. The van der Waals surface area contributed by atoms with Crippen molar-refractivity contribution in [1.29, 1.82) is 0 Å². The molecule has 0 bridgehead atoms. The molecule has 0 radical (unpaired) electrons. The van der Waals surface area contributed by atoms with Crippen LogP contribution >= 0.6 is 0 Å². The van der Waals surface area contributed by atoms with Crippen molar-refractivity contribution in [3.05, 3.63) is 24.6 Å². The fourth-order valence-electron chi connectivity index (χ4n) is 1.85. The van der Waals surface area contributed by atoms with Crippen LogP contribution in [-0.2, 0) is 9.59 Å². The minimum absolute atomic E-state index is 0.388. The molecule has 2 N–H and O–H groups in total. The van der Waals surface area contributed by atoms with E-state index in [9.17, 15) is 9.59 Å². The first-order valence-electron chi connectivity index (χ1n) is 5.50. The van der Waals surface area contributed by atoms with Crippen molar-refractivity contribution >= 4 is 28.7 Å². The van der Waals surface area contributed by atoms with E-state index in [4.69, 9.17) is 9.52 Å². The molecule has 1 amide bonds. The van der Waals surface area contributed by atoms with Crippen LogP contribution < -0.4 is 5.32 Å². The largest absolute Gasteiger partial charge is 0.480 e. The summed E-state index contributed by atoms with van der Waals surface area (Å²) in [7, 11) is 0. The number of carbonyl (C=O) groups excluding carboxylic acids is 1. The molecule has 0 atom stereocenters. The van der Waals surface area contributed by atoms with Crippen molar-refractivity contribution in [1.82, 2.24) is 4.98 Å². The highest BCUT2D eigenvalue weighted by Crippen LogP contribution is 2.46. The van der Waals surface area contributed by atoms with Gasteiger partial charge in [-0.25, -0.2) is 4.98 Å². The summed E-state index contributed by atoms with van der Waals surface area (Å²) in [6, 6.07) is 4.99. The summed E-state index contributed by atoms with van der Waals surface area (Å²) in [6.45, 7) is 0. The summed E-state index contributed by atoms with van der Waals surface area (Å²) in [5, 5.41) is 11.6. The zero-order valence-electron chi connectivity index (χ0n) is 9.34. The van der Waals surface area contributed by atoms with Gasteiger partial charge in [-0.15, -0.1) is 0 Å². The zero-order chi connectivity index (χ0) is 12.8. The third-order valence-electron chi connectivity index (χ3n) is 3.18. The number of aliphatic carboxylic acids is 1. The molecule has 6 nitrogen and oxygen atoms in total. The lowest BCUT2D eigenvalue weighted by Crippen LogP contribution is -2.31. The van der Waals surface area contributed by atoms with Crippen molar-refractivity contribution in [3.8, 4) is 0 Å². The van der Waals surface area contributed by atoms with E-state index in [2.05, 4.69) is 10.3 Å². The van der Waals surface area contributed by atoms with E-state index in [-0.39, 0.29) is 0 Å². The number of oxazole rings is 1. The number of fused-ring (bicyclic) bond motifs is 1. The number of amides is 1. The van der Waals surface area contributed by atoms with Crippen LogP contribution in [0.3, 0.4) is 0 Å². The van der Waals surface area contributed by atoms with E-state index in [1.807, 2.05) is 0 Å². The summed E-state index contributed by atoms with van der Waals surface area (Å²) in [5.41, 5.74) is 0.508. The summed E-state index contributed by atoms with van der Waals surface area (Å²) < 4.78 is 5.11. The molecule has 1 aromatic carbocycles. The topological polar surface area (TPSA) is 92.4 Å². The Morgan fingerprint density at radius 2 is 2.17 bits per heavy atom. The number of hydrogen-bond acceptors (Lipinski definition) is 4. The highest BCUT2D eigenvalue weighted by molar-refractivity contribution is 6.11. The smallest absolute Gasteiger partial charge is 0.319 e. The minimum atomic E-state index is -1.24. The Bertz CT molecular complexity index is 642. The Hall–Kier alpha value is -2.37. The Morgan fingerprint density at radius 1 is 1.39 bits per heavy atom. The van der Waals surface area contributed by atoms with Crippen LogP contribution in [0, 0.1) is 5.41 Å². The number of anilines is 1. The van der Waals surface area contributed by atoms with Crippen molar-refractivity contribution < 1.29 is 19.1 Å². The molecule has 18 heavy (non-hydrogen) atoms. The quantitative estimate of drug-likeness (QED) is 0.803. The summed E-state index contributed by atoms with van der Waals surface area (Å²) in [4.78, 5) is 26.8. The number of carbonyl (C=O) groups is 2. The Labute approximate surface area is 102 Å². The molecular weight excluding hydrogens is 236 g/mol. The SMILES string of the molecule is O=C(O)C1(C(=O)Nc2ccc3ncoc3c2)CC1. The molecule has 0 saturated heterocycles. The third kappa shape index (κ3) is 1.54. The van der Waals surface area contributed by atoms with Crippen LogP contribution in [0.15, 0.2) is 29.0 Å². The Balaban J connectivity index is 1.84. The second kappa shape index (κ2) is 3.56. The lowest BCUT2D eigenvalue weighted by Gasteiger charge is -2.10. The predicted octanol–water partition coefficient (Wildman–Crippen LogP) is 1.63. The number of carboxylic acid groups (broad SMARTS) is 1. The Kier molecular flexibility index (Phi) is 2.13. The van der Waals surface area contributed by atoms with E-state index < -0.39 is 17.3 Å². The average molecular weight is 246 g/mol. The molecule has 6 heteroatoms. The van der Waals surface area contributed by atoms with Gasteiger partial charge in [-0.2, -0.15) is 0 Å². The average Bonchev–Trinajstić information content (AvgIpc) is 3.03. The molecule has 1 aromatic heterocycles. The fraction of sp³-hybridized carbons (Fsp3) is 0.250. The lowest BCUT2D eigenvalue weighted by atomic mass is 10.1. The van der Waals surface area contributed by atoms with Gasteiger partial charge in [-0.3, -0.25) is 9.59 Å². The van der Waals surface area contributed by atoms with E-state index in [0.29, 0.717) is 29.6 Å². The van der Waals surface area contributed by atoms with E-state index in [1.165, 1.54) is 6.39 Å². The number of benzene rings is 1. The maximum absolute atomic E-state index is 11.9. The van der Waals surface area contributed by atoms with Gasteiger partial charge >= 0.3 is 5.97 Å². The lowest BCUT2D eigenvalue weighted by molar-refractivity contribution is -0.147. The zero-order valence-corrected chi connectivity index (χ0v) is 9.34. The van der Waals surface area contributed by atoms with Crippen molar-refractivity contribution in [3.63, 3.8) is 0 Å². The normalized spacial score (nSPS) is 16.4. The first-order chi connectivity index (χ1) is 8.62. The number of rotatable bonds is 3. The first kappa shape index (κ1) is 10.8. The van der Waals surface area contributed by atoms with Crippen LogP contribution in [0.5, 0.6) is 0 Å². The second-order valence-electron chi connectivity index (χ2n) is 4.38. The van der Waals surface area contributed by atoms with Gasteiger partial charge in [0.25, 0.3) is 0 Å². The predicted molar refractivity (Wildman–Crippen MR) is 61.9 cm³/mol. The van der Waals surface area contributed by atoms with Gasteiger partial charge in [0.2, 0.25) is 5.91 Å². The van der Waals surface area contributed by atoms with Gasteiger partial charge in [0, 0.05) is 11.8 Å². The molecule has 0 aliphatic heterocycles. The molecule has 1 aliphatic rings. The number of aromatic nitrogens is 1. The number of nitrogens with one attached hydrogen (secondary N) is 1. The third-order valence-corrected chi connectivity index (χ3v) is 3.18. The monoisotopic (exact) mass is 246 g/mol. The summed E-state index contributed by atoms with van der Waals surface area (Å²) >= 11 is 0. The summed E-state index contributed by atoms with van der Waals surface area (Å²) in [6.07, 6.45) is 2.09. The van der Waals surface area contributed by atoms with Crippen LogP contribution in [0.2, 0.25) is 0 Å². The molecule has 2 aromatic rings.